The zero-order chi connectivity index (χ0) is 32.8. The lowest BCUT2D eigenvalue weighted by Gasteiger charge is -2.48. The maximum absolute atomic E-state index is 14.1. The lowest BCUT2D eigenvalue weighted by Crippen LogP contribution is -2.67. The topological polar surface area (TPSA) is 155 Å². The second-order valence-electron chi connectivity index (χ2n) is 14.8. The quantitative estimate of drug-likeness (QED) is 0.284. The molecule has 2 aromatic rings. The molecule has 0 amide bonds. The van der Waals surface area contributed by atoms with Crippen molar-refractivity contribution in [1.82, 2.24) is 0 Å². The van der Waals surface area contributed by atoms with Crippen LogP contribution in [0, 0.1) is 34.0 Å². The highest BCUT2D eigenvalue weighted by Crippen LogP contribution is 2.85. The molecule has 0 aromatic heterocycles. The molecule has 46 heavy (non-hydrogen) atoms. The normalized spacial score (nSPS) is 44.7. The number of hydrogen-bond donors (Lipinski definition) is 2. The Morgan fingerprint density at radius 1 is 0.891 bits per heavy atom. The van der Waals surface area contributed by atoms with Crippen molar-refractivity contribution in [2.24, 2.45) is 34.0 Å². The van der Waals surface area contributed by atoms with Gasteiger partial charge in [0.25, 0.3) is 0 Å². The van der Waals surface area contributed by atoms with Gasteiger partial charge in [0.15, 0.2) is 23.6 Å². The number of rotatable bonds is 5. The molecule has 2 saturated carbocycles. The van der Waals surface area contributed by atoms with Crippen LogP contribution in [0.15, 0.2) is 54.6 Å². The van der Waals surface area contributed by atoms with E-state index in [0.717, 1.165) is 0 Å². The molecule has 0 radical (unpaired) electrons. The predicted molar refractivity (Wildman–Crippen MR) is 155 cm³/mol. The van der Waals surface area contributed by atoms with E-state index in [1.54, 1.807) is 48.5 Å². The highest BCUT2D eigenvalue weighted by atomic mass is 16.8. The van der Waals surface area contributed by atoms with Crippen molar-refractivity contribution in [3.8, 4) is 0 Å². The molecule has 6 aliphatic rings. The molecule has 6 fully saturated rings. The lowest BCUT2D eigenvalue weighted by atomic mass is 9.50. The van der Waals surface area contributed by atoms with Gasteiger partial charge in [-0.05, 0) is 29.7 Å². The molecule has 4 heterocycles. The van der Waals surface area contributed by atoms with Gasteiger partial charge in [0.2, 0.25) is 11.9 Å². The molecule has 4 aliphatic heterocycles. The van der Waals surface area contributed by atoms with Crippen LogP contribution < -0.4 is 0 Å². The van der Waals surface area contributed by atoms with Gasteiger partial charge in [-0.3, -0.25) is 9.59 Å². The number of hydrogen-bond acceptors (Lipinski definition) is 11. The minimum absolute atomic E-state index is 0.0724. The molecule has 4 saturated heterocycles. The van der Waals surface area contributed by atoms with Crippen LogP contribution in [0.3, 0.4) is 0 Å². The van der Waals surface area contributed by atoms with Crippen molar-refractivity contribution >= 4 is 23.7 Å². The minimum Gasteiger partial charge on any atom is -0.459 e. The Morgan fingerprint density at radius 3 is 2.20 bits per heavy atom. The first-order valence-electron chi connectivity index (χ1n) is 15.7. The first-order chi connectivity index (χ1) is 21.7. The fourth-order valence-electron chi connectivity index (χ4n) is 10.7. The molecule has 11 nitrogen and oxygen atoms in total. The largest absolute Gasteiger partial charge is 0.459 e. The van der Waals surface area contributed by atoms with Crippen LogP contribution in [0.5, 0.6) is 0 Å². The average Bonchev–Trinajstić information content (AvgIpc) is 3.72. The van der Waals surface area contributed by atoms with Gasteiger partial charge in [0, 0.05) is 11.1 Å². The number of ketones is 1. The molecule has 0 bridgehead atoms. The van der Waals surface area contributed by atoms with Gasteiger partial charge < -0.3 is 33.9 Å². The minimum atomic E-state index is -2.29. The van der Waals surface area contributed by atoms with E-state index in [1.807, 2.05) is 33.8 Å². The number of ether oxygens (including phenoxy) is 5. The average molecular weight is 633 g/mol. The molecule has 8 rings (SSSR count). The Labute approximate surface area is 265 Å². The van der Waals surface area contributed by atoms with E-state index < -0.39 is 93.8 Å². The van der Waals surface area contributed by atoms with Crippen LogP contribution in [0.25, 0.3) is 0 Å². The van der Waals surface area contributed by atoms with Crippen LogP contribution >= 0.6 is 0 Å². The van der Waals surface area contributed by atoms with Crippen molar-refractivity contribution in [3.05, 3.63) is 71.3 Å². The maximum Gasteiger partial charge on any atom is 0.343 e. The van der Waals surface area contributed by atoms with E-state index >= 15 is 0 Å². The molecule has 242 valence electrons. The number of benzene rings is 2. The van der Waals surface area contributed by atoms with Crippen LogP contribution in [-0.2, 0) is 44.7 Å². The summed E-state index contributed by atoms with van der Waals surface area (Å²) in [4.78, 5) is 53.7. The van der Waals surface area contributed by atoms with Crippen LogP contribution in [0.2, 0.25) is 0 Å². The Kier molecular flexibility index (Phi) is 5.84. The van der Waals surface area contributed by atoms with Gasteiger partial charge in [-0.15, -0.1) is 0 Å². The standard InChI is InChI=1S/C35H36O11/c1-16-22(31(3,4)5)32-26(42-15-18-11-13-20(14-12-18)21(36)19-9-7-6-8-10-19)28(39)45-30(32)46-35-29(40)44-24(16)33(32,35)23(37)25-34(35,41)17(2)27(38)43-25/h6-14,16-17,22-26,30,37,41H,15H2,1-5H3/t16-,17-,22+,23+,24?,25+,26+,30?,32?,33?,34-,35+/m1/s1. The molecule has 4 unspecified atom stereocenters. The summed E-state index contributed by atoms with van der Waals surface area (Å²) in [6.07, 6.45) is -6.89. The number of aliphatic hydroxyl groups is 2. The second kappa shape index (κ2) is 9.03. The number of fused-ring (bicyclic) bond motifs is 1. The number of carbonyl (C=O) groups is 4. The van der Waals surface area contributed by atoms with Gasteiger partial charge in [-0.25, -0.2) is 9.59 Å². The van der Waals surface area contributed by atoms with Gasteiger partial charge in [0.1, 0.15) is 12.2 Å². The van der Waals surface area contributed by atoms with Crippen molar-refractivity contribution in [2.45, 2.75) is 83.1 Å². The number of carbonyl (C=O) groups excluding carboxylic acids is 4. The van der Waals surface area contributed by atoms with E-state index in [4.69, 9.17) is 23.7 Å². The maximum atomic E-state index is 14.1. The third-order valence-electron chi connectivity index (χ3n) is 11.9. The first-order valence-corrected chi connectivity index (χ1v) is 15.7. The van der Waals surface area contributed by atoms with E-state index in [9.17, 15) is 29.4 Å². The molecule has 12 atom stereocenters. The van der Waals surface area contributed by atoms with Crippen molar-refractivity contribution in [2.75, 3.05) is 0 Å². The summed E-state index contributed by atoms with van der Waals surface area (Å²) in [7, 11) is 0. The highest BCUT2D eigenvalue weighted by molar-refractivity contribution is 6.09. The Morgan fingerprint density at radius 2 is 1.54 bits per heavy atom. The Hall–Kier alpha value is -3.64. The zero-order valence-corrected chi connectivity index (χ0v) is 26.1. The van der Waals surface area contributed by atoms with Crippen molar-refractivity contribution < 1.29 is 53.1 Å². The molecule has 2 N–H and O–H groups in total. The van der Waals surface area contributed by atoms with Crippen molar-refractivity contribution in [3.63, 3.8) is 0 Å². The highest BCUT2D eigenvalue weighted by Gasteiger charge is 3.04. The lowest BCUT2D eigenvalue weighted by molar-refractivity contribution is -0.240. The Balaban J connectivity index is 1.23. The third kappa shape index (κ3) is 2.96. The van der Waals surface area contributed by atoms with Crippen LogP contribution in [-0.4, -0.2) is 75.8 Å². The van der Waals surface area contributed by atoms with E-state index in [-0.39, 0.29) is 12.4 Å². The summed E-state index contributed by atoms with van der Waals surface area (Å²) in [5.41, 5.74) is -6.69. The monoisotopic (exact) mass is 632 g/mol. The summed E-state index contributed by atoms with van der Waals surface area (Å²) in [6, 6.07) is 15.8. The van der Waals surface area contributed by atoms with Gasteiger partial charge >= 0.3 is 17.9 Å². The smallest absolute Gasteiger partial charge is 0.343 e. The summed E-state index contributed by atoms with van der Waals surface area (Å²) >= 11 is 0. The zero-order valence-electron chi connectivity index (χ0n) is 26.1. The second-order valence-corrected chi connectivity index (χ2v) is 14.8. The third-order valence-corrected chi connectivity index (χ3v) is 11.9. The SMILES string of the molecule is C[C@@H]1C(=O)O[C@H]2[C@H](O)C34C5OC(=O)[C@@]3(OC3OC(=O)[C@H](OCc6ccc(C(=O)c7ccccc7)cc6)C34[C@H](C(C)(C)C)[C@H]5C)[C@@]12O. The van der Waals surface area contributed by atoms with Crippen molar-refractivity contribution in [1.29, 1.82) is 0 Å². The molecule has 2 spiro atoms. The molecule has 2 aliphatic carbocycles. The van der Waals surface area contributed by atoms with Gasteiger partial charge in [0.05, 0.1) is 23.4 Å². The molecular formula is C35H36O11. The fraction of sp³-hybridized carbons (Fsp3) is 0.543. The van der Waals surface area contributed by atoms with Gasteiger partial charge in [-0.2, -0.15) is 0 Å². The number of aliphatic hydroxyl groups excluding tert-OH is 1. The Bertz CT molecular complexity index is 1680. The van der Waals surface area contributed by atoms with Crippen LogP contribution in [0.1, 0.15) is 56.1 Å². The molecule has 2 aromatic carbocycles. The first kappa shape index (κ1) is 29.7. The van der Waals surface area contributed by atoms with E-state index in [1.165, 1.54) is 6.92 Å². The van der Waals surface area contributed by atoms with E-state index in [2.05, 4.69) is 0 Å². The molecular weight excluding hydrogens is 596 g/mol. The number of esters is 3. The summed E-state index contributed by atoms with van der Waals surface area (Å²) in [6.45, 7) is 9.21. The summed E-state index contributed by atoms with van der Waals surface area (Å²) < 4.78 is 30.5. The van der Waals surface area contributed by atoms with E-state index in [0.29, 0.717) is 16.7 Å². The molecule has 11 heteroatoms. The predicted octanol–water partition coefficient (Wildman–Crippen LogP) is 2.33. The summed E-state index contributed by atoms with van der Waals surface area (Å²) in [5.74, 6) is -4.74. The van der Waals surface area contributed by atoms with Crippen LogP contribution in [0.4, 0.5) is 0 Å². The fourth-order valence-corrected chi connectivity index (χ4v) is 10.7. The van der Waals surface area contributed by atoms with Gasteiger partial charge in [-0.1, -0.05) is 82.3 Å². The summed E-state index contributed by atoms with van der Waals surface area (Å²) in [5, 5.41) is 24.7.